The fraction of sp³-hybridized carbons (Fsp3) is 0.188. The van der Waals surface area contributed by atoms with Gasteiger partial charge < -0.3 is 9.47 Å². The third-order valence-corrected chi connectivity index (χ3v) is 2.79. The zero-order valence-corrected chi connectivity index (χ0v) is 11.7. The summed E-state index contributed by atoms with van der Waals surface area (Å²) in [7, 11) is 0. The lowest BCUT2D eigenvalue weighted by atomic mass is 10.2. The molecule has 0 atom stereocenters. The lowest BCUT2D eigenvalue weighted by molar-refractivity contribution is 0.340. The van der Waals surface area contributed by atoms with Crippen LogP contribution in [0.25, 0.3) is 0 Å². The van der Waals surface area contributed by atoms with Crippen molar-refractivity contribution in [2.45, 2.75) is 13.3 Å². The maximum Gasteiger partial charge on any atom is 0.171 e. The van der Waals surface area contributed by atoms with Crippen LogP contribution < -0.4 is 9.47 Å². The van der Waals surface area contributed by atoms with E-state index in [0.29, 0.717) is 18.1 Å². The fourth-order valence-corrected chi connectivity index (χ4v) is 1.96. The molecule has 0 radical (unpaired) electrons. The Morgan fingerprint density at radius 1 is 0.947 bits per heavy atom. The molecule has 2 aromatic carbocycles. The summed E-state index contributed by atoms with van der Waals surface area (Å²) in [6.45, 7) is 2.62. The summed E-state index contributed by atoms with van der Waals surface area (Å²) >= 11 is 5.25. The second kappa shape index (κ2) is 6.90. The number of thiocarbonyl (C=S) groups is 1. The van der Waals surface area contributed by atoms with E-state index >= 15 is 0 Å². The van der Waals surface area contributed by atoms with Crippen molar-refractivity contribution in [3.63, 3.8) is 0 Å². The molecule has 2 nitrogen and oxygen atoms in total. The molecule has 0 aliphatic rings. The molecule has 0 heterocycles. The second-order valence-corrected chi connectivity index (χ2v) is 4.50. The Hall–Kier alpha value is -1.87. The highest BCUT2D eigenvalue weighted by Gasteiger charge is 2.02. The van der Waals surface area contributed by atoms with E-state index in [1.54, 1.807) is 0 Å². The number of hydrogen-bond donors (Lipinski definition) is 0. The Balaban J connectivity index is 1.91. The minimum Gasteiger partial charge on any atom is -0.494 e. The van der Waals surface area contributed by atoms with Gasteiger partial charge in [-0.2, -0.15) is 0 Å². The van der Waals surface area contributed by atoms with Crippen molar-refractivity contribution >= 4 is 17.3 Å². The van der Waals surface area contributed by atoms with Crippen molar-refractivity contribution in [2.75, 3.05) is 6.61 Å². The van der Waals surface area contributed by atoms with Crippen LogP contribution in [-0.2, 0) is 6.42 Å². The molecule has 3 heteroatoms. The van der Waals surface area contributed by atoms with Crippen LogP contribution in [0, 0.1) is 0 Å². The van der Waals surface area contributed by atoms with Gasteiger partial charge in [-0.15, -0.1) is 0 Å². The second-order valence-electron chi connectivity index (χ2n) is 4.04. The Bertz CT molecular complexity index is 520. The maximum absolute atomic E-state index is 5.63. The molecule has 2 aromatic rings. The maximum atomic E-state index is 5.63. The first-order valence-electron chi connectivity index (χ1n) is 6.25. The summed E-state index contributed by atoms with van der Waals surface area (Å²) in [6, 6.07) is 17.5. The average molecular weight is 272 g/mol. The topological polar surface area (TPSA) is 18.5 Å². The van der Waals surface area contributed by atoms with Gasteiger partial charge in [-0.3, -0.25) is 0 Å². The third-order valence-electron chi connectivity index (χ3n) is 2.56. The summed E-state index contributed by atoms with van der Waals surface area (Å²) in [6.07, 6.45) is 0.642. The first-order chi connectivity index (χ1) is 9.28. The Kier molecular flexibility index (Phi) is 4.93. The number of rotatable bonds is 5. The van der Waals surface area contributed by atoms with Crippen LogP contribution in [0.3, 0.4) is 0 Å². The molecular weight excluding hydrogens is 256 g/mol. The summed E-state index contributed by atoms with van der Waals surface area (Å²) in [5.74, 6) is 1.58. The lowest BCUT2D eigenvalue weighted by Gasteiger charge is -2.08. The number of ether oxygens (including phenoxy) is 2. The molecule has 0 saturated heterocycles. The standard InChI is InChI=1S/C16H16O2S/c1-2-17-14-8-10-15(11-9-14)18-16(19)12-13-6-4-3-5-7-13/h3-11H,2,12H2,1H3. The molecule has 2 rings (SSSR count). The molecule has 0 fully saturated rings. The van der Waals surface area contributed by atoms with Gasteiger partial charge in [0, 0.05) is 6.42 Å². The van der Waals surface area contributed by atoms with Crippen LogP contribution >= 0.6 is 12.2 Å². The Morgan fingerprint density at radius 2 is 1.58 bits per heavy atom. The molecule has 0 spiro atoms. The molecule has 19 heavy (non-hydrogen) atoms. The minimum absolute atomic E-state index is 0.565. The smallest absolute Gasteiger partial charge is 0.171 e. The average Bonchev–Trinajstić information content (AvgIpc) is 2.42. The molecule has 0 N–H and O–H groups in total. The summed E-state index contributed by atoms with van der Waals surface area (Å²) in [4.78, 5) is 0. The molecule has 0 amide bonds. The van der Waals surface area contributed by atoms with Gasteiger partial charge in [0.15, 0.2) is 5.05 Å². The van der Waals surface area contributed by atoms with Crippen LogP contribution in [0.4, 0.5) is 0 Å². The van der Waals surface area contributed by atoms with Crippen LogP contribution in [0.15, 0.2) is 54.6 Å². The molecule has 0 aliphatic carbocycles. The molecule has 0 saturated carbocycles. The SMILES string of the molecule is CCOc1ccc(OC(=S)Cc2ccccc2)cc1. The van der Waals surface area contributed by atoms with Crippen molar-refractivity contribution in [3.05, 3.63) is 60.2 Å². The van der Waals surface area contributed by atoms with Crippen molar-refractivity contribution in [2.24, 2.45) is 0 Å². The molecule has 0 unspecified atom stereocenters. The summed E-state index contributed by atoms with van der Waals surface area (Å²) < 4.78 is 11.0. The number of hydrogen-bond acceptors (Lipinski definition) is 3. The highest BCUT2D eigenvalue weighted by molar-refractivity contribution is 7.80. The van der Waals surface area contributed by atoms with Gasteiger partial charge in [-0.1, -0.05) is 30.3 Å². The highest BCUT2D eigenvalue weighted by Crippen LogP contribution is 2.18. The van der Waals surface area contributed by atoms with Gasteiger partial charge in [0.2, 0.25) is 0 Å². The first kappa shape index (κ1) is 13.6. The van der Waals surface area contributed by atoms with Gasteiger partial charge in [-0.05, 0) is 49.0 Å². The van der Waals surface area contributed by atoms with E-state index in [1.165, 1.54) is 0 Å². The zero-order chi connectivity index (χ0) is 13.5. The van der Waals surface area contributed by atoms with Crippen LogP contribution in [0.5, 0.6) is 11.5 Å². The van der Waals surface area contributed by atoms with Gasteiger partial charge in [-0.25, -0.2) is 0 Å². The van der Waals surface area contributed by atoms with E-state index in [4.69, 9.17) is 21.7 Å². The zero-order valence-electron chi connectivity index (χ0n) is 10.8. The van der Waals surface area contributed by atoms with Crippen molar-refractivity contribution in [3.8, 4) is 11.5 Å². The molecule has 0 bridgehead atoms. The molecule has 0 aliphatic heterocycles. The minimum atomic E-state index is 0.565. The monoisotopic (exact) mass is 272 g/mol. The third kappa shape index (κ3) is 4.38. The van der Waals surface area contributed by atoms with E-state index in [-0.39, 0.29) is 0 Å². The summed E-state index contributed by atoms with van der Waals surface area (Å²) in [5.41, 5.74) is 1.15. The first-order valence-corrected chi connectivity index (χ1v) is 6.66. The molecular formula is C16H16O2S. The van der Waals surface area contributed by atoms with Gasteiger partial charge in [0.25, 0.3) is 0 Å². The normalized spacial score (nSPS) is 9.95. The Morgan fingerprint density at radius 3 is 2.21 bits per heavy atom. The van der Waals surface area contributed by atoms with Gasteiger partial charge in [0.1, 0.15) is 11.5 Å². The fourth-order valence-electron chi connectivity index (χ4n) is 1.70. The largest absolute Gasteiger partial charge is 0.494 e. The van der Waals surface area contributed by atoms with Crippen molar-refractivity contribution in [1.82, 2.24) is 0 Å². The lowest BCUT2D eigenvalue weighted by Crippen LogP contribution is -2.08. The Labute approximate surface area is 119 Å². The van der Waals surface area contributed by atoms with Crippen LogP contribution in [-0.4, -0.2) is 11.7 Å². The van der Waals surface area contributed by atoms with Crippen LogP contribution in [0.1, 0.15) is 12.5 Å². The van der Waals surface area contributed by atoms with E-state index in [0.717, 1.165) is 17.1 Å². The predicted octanol–water partition coefficient (Wildman–Crippen LogP) is 4.03. The van der Waals surface area contributed by atoms with Crippen LogP contribution in [0.2, 0.25) is 0 Å². The van der Waals surface area contributed by atoms with Crippen molar-refractivity contribution in [1.29, 1.82) is 0 Å². The summed E-state index contributed by atoms with van der Waals surface area (Å²) in [5, 5.41) is 0.565. The number of benzene rings is 2. The van der Waals surface area contributed by atoms with Gasteiger partial charge in [0.05, 0.1) is 6.61 Å². The van der Waals surface area contributed by atoms with E-state index < -0.39 is 0 Å². The molecule has 98 valence electrons. The van der Waals surface area contributed by atoms with E-state index in [9.17, 15) is 0 Å². The van der Waals surface area contributed by atoms with E-state index in [1.807, 2.05) is 61.5 Å². The van der Waals surface area contributed by atoms with Crippen molar-refractivity contribution < 1.29 is 9.47 Å². The predicted molar refractivity (Wildman–Crippen MR) is 81.0 cm³/mol. The van der Waals surface area contributed by atoms with E-state index in [2.05, 4.69) is 0 Å². The highest BCUT2D eigenvalue weighted by atomic mass is 32.1. The molecule has 0 aromatic heterocycles. The van der Waals surface area contributed by atoms with Gasteiger partial charge >= 0.3 is 0 Å². The quantitative estimate of drug-likeness (QED) is 0.765.